The normalized spacial score (nSPS) is 18.7. The number of benzene rings is 1. The van der Waals surface area contributed by atoms with Gasteiger partial charge in [-0.2, -0.15) is 0 Å². The Hall–Kier alpha value is -2.64. The number of nitrogens with zero attached hydrogens (tertiary/aromatic N) is 1. The summed E-state index contributed by atoms with van der Waals surface area (Å²) in [4.78, 5) is 28.0. The molecule has 1 aliphatic rings. The van der Waals surface area contributed by atoms with Gasteiger partial charge in [0.15, 0.2) is 0 Å². The molecular formula is C21H23NO5S. The van der Waals surface area contributed by atoms with E-state index < -0.39 is 17.7 Å². The smallest absolute Gasteiger partial charge is 0.295 e. The molecule has 148 valence electrons. The van der Waals surface area contributed by atoms with Crippen LogP contribution in [0.3, 0.4) is 0 Å². The second kappa shape index (κ2) is 8.58. The fourth-order valence-electron chi connectivity index (χ4n) is 3.38. The highest BCUT2D eigenvalue weighted by Gasteiger charge is 2.46. The van der Waals surface area contributed by atoms with Gasteiger partial charge in [-0.3, -0.25) is 9.59 Å². The number of ether oxygens (including phenoxy) is 2. The molecule has 28 heavy (non-hydrogen) atoms. The second-order valence-electron chi connectivity index (χ2n) is 6.56. The fraction of sp³-hybridized carbons (Fsp3) is 0.333. The molecule has 0 aliphatic carbocycles. The molecule has 1 saturated heterocycles. The molecule has 1 aromatic carbocycles. The molecule has 7 heteroatoms. The van der Waals surface area contributed by atoms with E-state index in [0.29, 0.717) is 30.9 Å². The van der Waals surface area contributed by atoms with E-state index in [0.717, 1.165) is 10.4 Å². The summed E-state index contributed by atoms with van der Waals surface area (Å²) in [6.07, 6.45) is 0.596. The zero-order chi connectivity index (χ0) is 20.3. The quantitative estimate of drug-likeness (QED) is 0.332. The lowest BCUT2D eigenvalue weighted by Crippen LogP contribution is -2.31. The van der Waals surface area contributed by atoms with Crippen molar-refractivity contribution < 1.29 is 24.2 Å². The predicted molar refractivity (Wildman–Crippen MR) is 108 cm³/mol. The lowest BCUT2D eigenvalue weighted by Gasteiger charge is -2.24. The minimum atomic E-state index is -0.683. The maximum Gasteiger partial charge on any atom is 0.295 e. The number of carbonyl (C=O) groups excluding carboxylic acids is 2. The summed E-state index contributed by atoms with van der Waals surface area (Å²) in [7, 11) is 3.09. The van der Waals surface area contributed by atoms with Crippen molar-refractivity contribution in [3.05, 3.63) is 57.3 Å². The number of rotatable bonds is 7. The topological polar surface area (TPSA) is 76.1 Å². The molecule has 1 aliphatic heterocycles. The Morgan fingerprint density at radius 3 is 2.68 bits per heavy atom. The number of ketones is 1. The third kappa shape index (κ3) is 3.68. The van der Waals surface area contributed by atoms with Gasteiger partial charge in [0.1, 0.15) is 11.5 Å². The summed E-state index contributed by atoms with van der Waals surface area (Å²) in [6, 6.07) is 8.45. The van der Waals surface area contributed by atoms with Gasteiger partial charge in [-0.05, 0) is 36.9 Å². The van der Waals surface area contributed by atoms with Crippen LogP contribution >= 0.6 is 11.3 Å². The molecule has 0 bridgehead atoms. The zero-order valence-corrected chi connectivity index (χ0v) is 16.9. The molecule has 2 aromatic rings. The number of hydrogen-bond acceptors (Lipinski definition) is 6. The van der Waals surface area contributed by atoms with Gasteiger partial charge >= 0.3 is 0 Å². The number of methoxy groups -OCH3 is 2. The third-order valence-electron chi connectivity index (χ3n) is 4.71. The minimum Gasteiger partial charge on any atom is -0.507 e. The van der Waals surface area contributed by atoms with Gasteiger partial charge in [0.2, 0.25) is 0 Å². The van der Waals surface area contributed by atoms with Gasteiger partial charge in [-0.1, -0.05) is 17.7 Å². The van der Waals surface area contributed by atoms with Crippen LogP contribution in [0.1, 0.15) is 28.5 Å². The first-order chi connectivity index (χ1) is 13.5. The highest BCUT2D eigenvalue weighted by Crippen LogP contribution is 2.42. The van der Waals surface area contributed by atoms with Crippen molar-refractivity contribution in [2.75, 3.05) is 27.4 Å². The van der Waals surface area contributed by atoms with Gasteiger partial charge in [0.05, 0.1) is 24.3 Å². The minimum absolute atomic E-state index is 0.0915. The number of amides is 1. The van der Waals surface area contributed by atoms with Crippen molar-refractivity contribution in [1.29, 1.82) is 0 Å². The highest BCUT2D eigenvalue weighted by molar-refractivity contribution is 7.10. The molecule has 3 rings (SSSR count). The Balaban J connectivity index is 2.14. The van der Waals surface area contributed by atoms with Crippen molar-refractivity contribution >= 4 is 28.8 Å². The van der Waals surface area contributed by atoms with Crippen LogP contribution in [0.5, 0.6) is 5.75 Å². The molecule has 6 nitrogen and oxygen atoms in total. The van der Waals surface area contributed by atoms with Crippen molar-refractivity contribution in [3.8, 4) is 5.75 Å². The van der Waals surface area contributed by atoms with Crippen molar-refractivity contribution in [1.82, 2.24) is 4.90 Å². The average Bonchev–Trinajstić information content (AvgIpc) is 3.30. The lowest BCUT2D eigenvalue weighted by atomic mass is 9.98. The second-order valence-corrected chi connectivity index (χ2v) is 7.54. The number of carbonyl (C=O) groups is 2. The largest absolute Gasteiger partial charge is 0.507 e. The summed E-state index contributed by atoms with van der Waals surface area (Å²) in [5.74, 6) is -1.07. The van der Waals surface area contributed by atoms with Crippen molar-refractivity contribution in [2.45, 2.75) is 19.4 Å². The zero-order valence-electron chi connectivity index (χ0n) is 16.1. The Morgan fingerprint density at radius 2 is 2.04 bits per heavy atom. The van der Waals surface area contributed by atoms with E-state index in [-0.39, 0.29) is 11.3 Å². The monoisotopic (exact) mass is 401 g/mol. The Morgan fingerprint density at radius 1 is 1.25 bits per heavy atom. The van der Waals surface area contributed by atoms with Gasteiger partial charge in [-0.15, -0.1) is 11.3 Å². The maximum absolute atomic E-state index is 12.9. The van der Waals surface area contributed by atoms with Crippen LogP contribution in [0.4, 0.5) is 0 Å². The molecule has 0 saturated carbocycles. The Labute approximate surface area is 168 Å². The van der Waals surface area contributed by atoms with Crippen molar-refractivity contribution in [2.24, 2.45) is 0 Å². The average molecular weight is 401 g/mol. The van der Waals surface area contributed by atoms with Crippen LogP contribution in [0.2, 0.25) is 0 Å². The maximum atomic E-state index is 12.9. The van der Waals surface area contributed by atoms with E-state index in [1.165, 1.54) is 23.3 Å². The highest BCUT2D eigenvalue weighted by atomic mass is 32.1. The molecule has 1 aromatic heterocycles. The van der Waals surface area contributed by atoms with Gasteiger partial charge in [0.25, 0.3) is 11.7 Å². The van der Waals surface area contributed by atoms with Crippen LogP contribution in [-0.2, 0) is 14.3 Å². The molecule has 0 spiro atoms. The molecule has 1 atom stereocenters. The van der Waals surface area contributed by atoms with Crippen LogP contribution in [0.15, 0.2) is 41.3 Å². The lowest BCUT2D eigenvalue weighted by molar-refractivity contribution is -0.140. The number of likely N-dealkylation sites (tertiary alicyclic amines) is 1. The number of thiophene rings is 1. The van der Waals surface area contributed by atoms with E-state index >= 15 is 0 Å². The predicted octanol–water partition coefficient (Wildman–Crippen LogP) is 3.52. The van der Waals surface area contributed by atoms with E-state index in [1.54, 1.807) is 19.2 Å². The number of aliphatic hydroxyl groups excluding tert-OH is 1. The van der Waals surface area contributed by atoms with Gasteiger partial charge < -0.3 is 19.5 Å². The standard InChI is InChI=1S/C21H23NO5S/c1-13-7-8-15(27-3)14(12-13)19(23)17-18(16-6-4-11-28-16)22(9-5-10-26-2)21(25)20(17)24/h4,6-8,11-12,18,23H,5,9-10H2,1-3H3/b19-17-. The number of Topliss-reactive ketones (excluding diaryl/α,β-unsaturated/α-hetero) is 1. The summed E-state index contributed by atoms with van der Waals surface area (Å²) in [6.45, 7) is 2.73. The van der Waals surface area contributed by atoms with Gasteiger partial charge in [-0.25, -0.2) is 0 Å². The van der Waals surface area contributed by atoms with Crippen LogP contribution in [0, 0.1) is 6.92 Å². The summed E-state index contributed by atoms with van der Waals surface area (Å²) >= 11 is 1.44. The number of aryl methyl sites for hydroxylation is 1. The molecule has 1 amide bonds. The van der Waals surface area contributed by atoms with Crippen LogP contribution < -0.4 is 4.74 Å². The molecular weight excluding hydrogens is 378 g/mol. The van der Waals surface area contributed by atoms with E-state index in [9.17, 15) is 14.7 Å². The molecule has 0 radical (unpaired) electrons. The van der Waals surface area contributed by atoms with Crippen molar-refractivity contribution in [3.63, 3.8) is 0 Å². The van der Waals surface area contributed by atoms with E-state index in [1.807, 2.05) is 30.5 Å². The third-order valence-corrected chi connectivity index (χ3v) is 5.63. The fourth-order valence-corrected chi connectivity index (χ4v) is 4.23. The number of hydrogen-bond donors (Lipinski definition) is 1. The summed E-state index contributed by atoms with van der Waals surface area (Å²) in [5.41, 5.74) is 1.40. The molecule has 2 heterocycles. The van der Waals surface area contributed by atoms with Crippen LogP contribution in [-0.4, -0.2) is 49.1 Å². The first-order valence-electron chi connectivity index (χ1n) is 8.95. The van der Waals surface area contributed by atoms with Gasteiger partial charge in [0, 0.05) is 25.1 Å². The Bertz CT molecular complexity index is 904. The molecule has 1 N–H and O–H groups in total. The molecule has 1 unspecified atom stereocenters. The van der Waals surface area contributed by atoms with Crippen LogP contribution in [0.25, 0.3) is 5.76 Å². The summed E-state index contributed by atoms with van der Waals surface area (Å²) < 4.78 is 10.4. The van der Waals surface area contributed by atoms with E-state index in [2.05, 4.69) is 0 Å². The summed E-state index contributed by atoms with van der Waals surface area (Å²) in [5, 5.41) is 13.0. The first kappa shape index (κ1) is 20.1. The van der Waals surface area contributed by atoms with E-state index in [4.69, 9.17) is 9.47 Å². The molecule has 1 fully saturated rings. The number of aliphatic hydroxyl groups is 1. The SMILES string of the molecule is COCCCN1C(=O)C(=O)/C(=C(\O)c2cc(C)ccc2OC)C1c1cccs1. The Kier molecular flexibility index (Phi) is 6.16. The first-order valence-corrected chi connectivity index (χ1v) is 9.83.